The van der Waals surface area contributed by atoms with Crippen molar-refractivity contribution in [2.45, 2.75) is 6.18 Å². The van der Waals surface area contributed by atoms with Gasteiger partial charge in [0, 0.05) is 15.4 Å². The van der Waals surface area contributed by atoms with Crippen LogP contribution < -0.4 is 0 Å². The number of aromatic amines is 1. The first-order chi connectivity index (χ1) is 8.71. The van der Waals surface area contributed by atoms with E-state index in [1.54, 1.807) is 0 Å². The van der Waals surface area contributed by atoms with Crippen LogP contribution in [-0.2, 0) is 11.0 Å². The molecule has 1 aromatic heterocycles. The summed E-state index contributed by atoms with van der Waals surface area (Å²) in [5, 5.41) is 8.54. The first-order valence-electron chi connectivity index (χ1n) is 4.88. The molecule has 0 bridgehead atoms. The Morgan fingerprint density at radius 1 is 1.26 bits per heavy atom. The van der Waals surface area contributed by atoms with Crippen LogP contribution in [-0.4, -0.2) is 21.8 Å². The number of hydrogen-bond acceptors (Lipinski definition) is 2. The highest BCUT2D eigenvalue weighted by Gasteiger charge is 2.39. The van der Waals surface area contributed by atoms with Crippen molar-refractivity contribution in [2.75, 3.05) is 0 Å². The van der Waals surface area contributed by atoms with E-state index in [2.05, 4.69) is 15.9 Å². The van der Waals surface area contributed by atoms with E-state index < -0.39 is 29.2 Å². The Bertz CT molecular complexity index is 690. The van der Waals surface area contributed by atoms with Crippen molar-refractivity contribution in [2.24, 2.45) is 0 Å². The fourth-order valence-corrected chi connectivity index (χ4v) is 2.09. The lowest BCUT2D eigenvalue weighted by Gasteiger charge is -2.05. The molecule has 0 saturated carbocycles. The zero-order valence-corrected chi connectivity index (χ0v) is 10.6. The number of ketones is 1. The molecular weight excluding hydrogens is 331 g/mol. The Balaban J connectivity index is 2.84. The van der Waals surface area contributed by atoms with Gasteiger partial charge < -0.3 is 10.1 Å². The van der Waals surface area contributed by atoms with Gasteiger partial charge in [-0.15, -0.1) is 0 Å². The van der Waals surface area contributed by atoms with Gasteiger partial charge in [0.15, 0.2) is 0 Å². The molecule has 19 heavy (non-hydrogen) atoms. The number of Topliss-reactive ketones (excluding diaryl/α,β-unsaturated/α-hetero) is 1. The minimum absolute atomic E-state index is 0.0336. The van der Waals surface area contributed by atoms with Crippen LogP contribution in [0.2, 0.25) is 0 Å². The summed E-state index contributed by atoms with van der Waals surface area (Å²) < 4.78 is 39.0. The van der Waals surface area contributed by atoms with Gasteiger partial charge in [0.05, 0.1) is 5.56 Å². The lowest BCUT2D eigenvalue weighted by Crippen LogP contribution is -2.18. The number of benzene rings is 1. The summed E-state index contributed by atoms with van der Waals surface area (Å²) in [7, 11) is 0. The summed E-state index contributed by atoms with van der Waals surface area (Å²) >= 11 is 3.08. The van der Waals surface area contributed by atoms with Crippen LogP contribution in [0.15, 0.2) is 22.7 Å². The molecule has 0 saturated heterocycles. The highest BCUT2D eigenvalue weighted by Crippen LogP contribution is 2.36. The largest absolute Gasteiger partial charge is 0.475 e. The number of H-pyrrole nitrogens is 1. The highest BCUT2D eigenvalue weighted by atomic mass is 79.9. The number of halogens is 4. The number of nitrogens with one attached hydrogen (secondary N) is 1. The molecule has 2 aromatic rings. The second kappa shape index (κ2) is 4.37. The first-order valence-corrected chi connectivity index (χ1v) is 5.67. The van der Waals surface area contributed by atoms with Crippen LogP contribution in [0.25, 0.3) is 10.9 Å². The molecule has 0 fully saturated rings. The Labute approximate surface area is 112 Å². The van der Waals surface area contributed by atoms with Crippen LogP contribution in [0.3, 0.4) is 0 Å². The van der Waals surface area contributed by atoms with Gasteiger partial charge in [0.1, 0.15) is 5.69 Å². The predicted octanol–water partition coefficient (Wildman–Crippen LogP) is 3.22. The van der Waals surface area contributed by atoms with E-state index in [1.807, 2.05) is 4.98 Å². The van der Waals surface area contributed by atoms with Crippen LogP contribution in [0.5, 0.6) is 0 Å². The molecule has 1 aromatic carbocycles. The van der Waals surface area contributed by atoms with Crippen molar-refractivity contribution in [3.63, 3.8) is 0 Å². The Morgan fingerprint density at radius 3 is 2.42 bits per heavy atom. The number of carbonyl (C=O) groups excluding carboxylic acids is 1. The summed E-state index contributed by atoms with van der Waals surface area (Å²) in [5.74, 6) is -3.53. The van der Waals surface area contributed by atoms with E-state index in [1.165, 1.54) is 18.2 Å². The molecular formula is C11H5BrF3NO3. The number of carboxylic acids is 1. The molecule has 0 spiro atoms. The lowest BCUT2D eigenvalue weighted by molar-refractivity contribution is -0.141. The van der Waals surface area contributed by atoms with E-state index in [-0.39, 0.29) is 10.9 Å². The van der Waals surface area contributed by atoms with Gasteiger partial charge in [-0.3, -0.25) is 4.79 Å². The van der Waals surface area contributed by atoms with Crippen molar-refractivity contribution in [1.29, 1.82) is 0 Å². The smallest absolute Gasteiger partial charge is 0.432 e. The molecule has 0 aliphatic heterocycles. The molecule has 100 valence electrons. The molecule has 8 heteroatoms. The number of carboxylic acid groups (broad SMARTS) is 1. The summed E-state index contributed by atoms with van der Waals surface area (Å²) in [5.41, 5.74) is -2.19. The van der Waals surface area contributed by atoms with E-state index in [9.17, 15) is 22.8 Å². The molecule has 0 aliphatic rings. The molecule has 0 aliphatic carbocycles. The van der Waals surface area contributed by atoms with Gasteiger partial charge in [0.2, 0.25) is 0 Å². The van der Waals surface area contributed by atoms with Crippen molar-refractivity contribution in [1.82, 2.24) is 4.98 Å². The number of alkyl halides is 3. The fraction of sp³-hybridized carbons (Fsp3) is 0.0909. The number of carbonyl (C=O) groups is 2. The fourth-order valence-electron chi connectivity index (χ4n) is 1.73. The zero-order chi connectivity index (χ0) is 14.4. The maximum absolute atomic E-state index is 12.8. The average molecular weight is 336 g/mol. The van der Waals surface area contributed by atoms with Crippen LogP contribution in [0.1, 0.15) is 16.1 Å². The highest BCUT2D eigenvalue weighted by molar-refractivity contribution is 9.10. The van der Waals surface area contributed by atoms with Gasteiger partial charge in [-0.2, -0.15) is 13.2 Å². The standard InChI is InChI=1S/C11H5BrF3NO3/c12-4-1-2-5-6(3-4)16-9(11(13,14)15)7(5)8(17)10(18)19/h1-3,16H,(H,18,19). The molecule has 2 N–H and O–H groups in total. The Hall–Kier alpha value is -1.83. The third-order valence-corrected chi connectivity index (χ3v) is 2.96. The van der Waals surface area contributed by atoms with Crippen molar-refractivity contribution in [3.05, 3.63) is 33.9 Å². The van der Waals surface area contributed by atoms with E-state index in [4.69, 9.17) is 5.11 Å². The molecule has 1 heterocycles. The van der Waals surface area contributed by atoms with Gasteiger partial charge in [-0.25, -0.2) is 4.79 Å². The normalized spacial score (nSPS) is 11.8. The summed E-state index contributed by atoms with van der Waals surface area (Å²) in [6.45, 7) is 0. The number of fused-ring (bicyclic) bond motifs is 1. The van der Waals surface area contributed by atoms with Crippen LogP contribution >= 0.6 is 15.9 Å². The third kappa shape index (κ3) is 2.35. The van der Waals surface area contributed by atoms with Crippen LogP contribution in [0, 0.1) is 0 Å². The van der Waals surface area contributed by atoms with E-state index in [0.717, 1.165) is 0 Å². The summed E-state index contributed by atoms with van der Waals surface area (Å²) in [6.07, 6.45) is -4.84. The number of rotatable bonds is 2. The SMILES string of the molecule is O=C(O)C(=O)c1c(C(F)(F)F)[nH]c2cc(Br)ccc12. The van der Waals surface area contributed by atoms with Gasteiger partial charge in [-0.05, 0) is 12.1 Å². The predicted molar refractivity (Wildman–Crippen MR) is 63.0 cm³/mol. The summed E-state index contributed by atoms with van der Waals surface area (Å²) in [4.78, 5) is 24.1. The number of aromatic nitrogens is 1. The molecule has 0 unspecified atom stereocenters. The monoisotopic (exact) mass is 335 g/mol. The van der Waals surface area contributed by atoms with Gasteiger partial charge >= 0.3 is 12.1 Å². The quantitative estimate of drug-likeness (QED) is 0.654. The second-order valence-electron chi connectivity index (χ2n) is 3.70. The third-order valence-electron chi connectivity index (χ3n) is 2.47. The molecule has 0 radical (unpaired) electrons. The van der Waals surface area contributed by atoms with E-state index in [0.29, 0.717) is 4.47 Å². The van der Waals surface area contributed by atoms with E-state index >= 15 is 0 Å². The first kappa shape index (κ1) is 13.6. The van der Waals surface area contributed by atoms with Gasteiger partial charge in [0.25, 0.3) is 5.78 Å². The van der Waals surface area contributed by atoms with Crippen molar-refractivity contribution >= 4 is 38.6 Å². The minimum Gasteiger partial charge on any atom is -0.475 e. The lowest BCUT2D eigenvalue weighted by atomic mass is 10.1. The molecule has 2 rings (SSSR count). The Morgan fingerprint density at radius 2 is 1.89 bits per heavy atom. The number of hydrogen-bond donors (Lipinski definition) is 2. The molecule has 0 amide bonds. The number of aliphatic carboxylic acids is 1. The molecule has 0 atom stereocenters. The average Bonchev–Trinajstić information content (AvgIpc) is 2.65. The maximum atomic E-state index is 12.8. The maximum Gasteiger partial charge on any atom is 0.432 e. The van der Waals surface area contributed by atoms with Crippen molar-refractivity contribution in [3.8, 4) is 0 Å². The van der Waals surface area contributed by atoms with Crippen molar-refractivity contribution < 1.29 is 27.9 Å². The second-order valence-corrected chi connectivity index (χ2v) is 4.61. The topological polar surface area (TPSA) is 70.2 Å². The Kier molecular flexibility index (Phi) is 3.13. The summed E-state index contributed by atoms with van der Waals surface area (Å²) in [6, 6.07) is 4.01. The van der Waals surface area contributed by atoms with Crippen LogP contribution in [0.4, 0.5) is 13.2 Å². The minimum atomic E-state index is -4.84. The zero-order valence-electron chi connectivity index (χ0n) is 9.01. The van der Waals surface area contributed by atoms with Gasteiger partial charge in [-0.1, -0.05) is 22.0 Å². The molecule has 4 nitrogen and oxygen atoms in total.